The monoisotopic (exact) mass is 273 g/mol. The van der Waals surface area contributed by atoms with Crippen molar-refractivity contribution in [3.05, 3.63) is 24.5 Å². The van der Waals surface area contributed by atoms with Gasteiger partial charge in [0.05, 0.1) is 0 Å². The zero-order valence-corrected chi connectivity index (χ0v) is 12.6. The fraction of sp³-hybridized carbons (Fsp3) is 0.706. The van der Waals surface area contributed by atoms with Gasteiger partial charge in [0.15, 0.2) is 0 Å². The Hall–Kier alpha value is -1.09. The van der Waals surface area contributed by atoms with Crippen molar-refractivity contribution < 1.29 is 0 Å². The molecule has 0 amide bonds. The standard InChI is InChI=1S/C17H27N3/c1-14-2-3-15(12-14)13-19-16-6-10-20(11-7-16)17-4-8-18-9-5-17/h4-5,8-9,14-16,19H,2-3,6-7,10-13H2,1H3. The van der Waals surface area contributed by atoms with E-state index in [0.29, 0.717) is 0 Å². The average molecular weight is 273 g/mol. The van der Waals surface area contributed by atoms with Crippen molar-refractivity contribution in [3.8, 4) is 0 Å². The summed E-state index contributed by atoms with van der Waals surface area (Å²) in [5.74, 6) is 1.89. The number of anilines is 1. The molecule has 1 saturated carbocycles. The molecule has 0 aromatic carbocycles. The van der Waals surface area contributed by atoms with E-state index in [4.69, 9.17) is 0 Å². The molecule has 2 unspecified atom stereocenters. The van der Waals surface area contributed by atoms with Crippen molar-refractivity contribution in [2.75, 3.05) is 24.5 Å². The van der Waals surface area contributed by atoms with Crippen LogP contribution >= 0.6 is 0 Å². The minimum absolute atomic E-state index is 0.726. The number of hydrogen-bond donors (Lipinski definition) is 1. The first-order valence-corrected chi connectivity index (χ1v) is 8.19. The Morgan fingerprint density at radius 3 is 2.55 bits per heavy atom. The van der Waals surface area contributed by atoms with Crippen LogP contribution in [0.5, 0.6) is 0 Å². The molecule has 3 nitrogen and oxygen atoms in total. The zero-order valence-electron chi connectivity index (χ0n) is 12.6. The Balaban J connectivity index is 1.40. The minimum atomic E-state index is 0.726. The number of nitrogens with zero attached hydrogens (tertiary/aromatic N) is 2. The second kappa shape index (κ2) is 6.57. The van der Waals surface area contributed by atoms with E-state index in [-0.39, 0.29) is 0 Å². The van der Waals surface area contributed by atoms with E-state index in [1.165, 1.54) is 57.4 Å². The SMILES string of the molecule is CC1CCC(CNC2CCN(c3ccncc3)CC2)C1. The fourth-order valence-corrected chi connectivity index (χ4v) is 3.74. The normalized spacial score (nSPS) is 27.9. The van der Waals surface area contributed by atoms with E-state index in [2.05, 4.69) is 34.3 Å². The first-order chi connectivity index (χ1) is 9.81. The first-order valence-electron chi connectivity index (χ1n) is 8.19. The average Bonchev–Trinajstić information content (AvgIpc) is 2.92. The van der Waals surface area contributed by atoms with Gasteiger partial charge in [-0.1, -0.05) is 13.3 Å². The molecule has 0 spiro atoms. The van der Waals surface area contributed by atoms with E-state index in [1.807, 2.05) is 12.4 Å². The summed E-state index contributed by atoms with van der Waals surface area (Å²) in [5, 5.41) is 3.82. The molecule has 1 aromatic heterocycles. The molecule has 1 aromatic rings. The van der Waals surface area contributed by atoms with Gasteiger partial charge < -0.3 is 10.2 Å². The van der Waals surface area contributed by atoms with Crippen LogP contribution in [0.15, 0.2) is 24.5 Å². The summed E-state index contributed by atoms with van der Waals surface area (Å²) < 4.78 is 0. The highest BCUT2D eigenvalue weighted by atomic mass is 15.1. The van der Waals surface area contributed by atoms with Crippen molar-refractivity contribution in [1.82, 2.24) is 10.3 Å². The summed E-state index contributed by atoms with van der Waals surface area (Å²) in [4.78, 5) is 6.58. The summed E-state index contributed by atoms with van der Waals surface area (Å²) in [7, 11) is 0. The van der Waals surface area contributed by atoms with Gasteiger partial charge in [-0.05, 0) is 56.2 Å². The molecule has 2 aliphatic rings. The predicted octanol–water partition coefficient (Wildman–Crippen LogP) is 3.08. The highest BCUT2D eigenvalue weighted by Gasteiger charge is 2.23. The summed E-state index contributed by atoms with van der Waals surface area (Å²) in [5.41, 5.74) is 1.32. The third-order valence-corrected chi connectivity index (χ3v) is 5.02. The number of nitrogens with one attached hydrogen (secondary N) is 1. The number of piperidine rings is 1. The van der Waals surface area contributed by atoms with Crippen molar-refractivity contribution in [2.45, 2.75) is 45.1 Å². The zero-order chi connectivity index (χ0) is 13.8. The first kappa shape index (κ1) is 13.9. The molecule has 0 bridgehead atoms. The van der Waals surface area contributed by atoms with Gasteiger partial charge in [-0.15, -0.1) is 0 Å². The maximum atomic E-state index is 4.10. The highest BCUT2D eigenvalue weighted by molar-refractivity contribution is 5.44. The second-order valence-corrected chi connectivity index (χ2v) is 6.66. The molecule has 3 rings (SSSR count). The second-order valence-electron chi connectivity index (χ2n) is 6.66. The summed E-state index contributed by atoms with van der Waals surface area (Å²) in [6.07, 6.45) is 10.6. The maximum Gasteiger partial charge on any atom is 0.0397 e. The summed E-state index contributed by atoms with van der Waals surface area (Å²) in [6, 6.07) is 4.96. The molecular formula is C17H27N3. The number of rotatable bonds is 4. The van der Waals surface area contributed by atoms with Gasteiger partial charge in [0.1, 0.15) is 0 Å². The predicted molar refractivity (Wildman–Crippen MR) is 84.0 cm³/mol. The van der Waals surface area contributed by atoms with Crippen LogP contribution in [-0.2, 0) is 0 Å². The van der Waals surface area contributed by atoms with Crippen molar-refractivity contribution in [1.29, 1.82) is 0 Å². The van der Waals surface area contributed by atoms with Crippen LogP contribution in [0.2, 0.25) is 0 Å². The van der Waals surface area contributed by atoms with Gasteiger partial charge in [-0.2, -0.15) is 0 Å². The van der Waals surface area contributed by atoms with E-state index in [9.17, 15) is 0 Å². The van der Waals surface area contributed by atoms with Crippen molar-refractivity contribution in [3.63, 3.8) is 0 Å². The topological polar surface area (TPSA) is 28.2 Å². The lowest BCUT2D eigenvalue weighted by molar-refractivity contribution is 0.373. The Morgan fingerprint density at radius 2 is 1.90 bits per heavy atom. The van der Waals surface area contributed by atoms with Gasteiger partial charge in [0, 0.05) is 37.2 Å². The van der Waals surface area contributed by atoms with E-state index in [0.717, 1.165) is 17.9 Å². The largest absolute Gasteiger partial charge is 0.371 e. The van der Waals surface area contributed by atoms with Gasteiger partial charge >= 0.3 is 0 Å². The molecule has 0 radical (unpaired) electrons. The van der Waals surface area contributed by atoms with Crippen LogP contribution in [-0.4, -0.2) is 30.7 Å². The van der Waals surface area contributed by atoms with E-state index in [1.54, 1.807) is 0 Å². The molecule has 20 heavy (non-hydrogen) atoms. The third kappa shape index (κ3) is 3.51. The Morgan fingerprint density at radius 1 is 1.15 bits per heavy atom. The lowest BCUT2D eigenvalue weighted by Crippen LogP contribution is -2.43. The van der Waals surface area contributed by atoms with Crippen LogP contribution in [0, 0.1) is 11.8 Å². The molecule has 1 aliphatic carbocycles. The molecule has 2 atom stereocenters. The van der Waals surface area contributed by atoms with Crippen LogP contribution in [0.25, 0.3) is 0 Å². The Bertz CT molecular complexity index is 398. The fourth-order valence-electron chi connectivity index (χ4n) is 3.74. The quantitative estimate of drug-likeness (QED) is 0.914. The van der Waals surface area contributed by atoms with Crippen LogP contribution in [0.1, 0.15) is 39.0 Å². The molecule has 1 aliphatic heterocycles. The smallest absolute Gasteiger partial charge is 0.0397 e. The molecule has 110 valence electrons. The van der Waals surface area contributed by atoms with Gasteiger partial charge in [-0.25, -0.2) is 0 Å². The Labute approximate surface area is 122 Å². The van der Waals surface area contributed by atoms with Crippen LogP contribution < -0.4 is 10.2 Å². The lowest BCUT2D eigenvalue weighted by atomic mass is 10.0. The van der Waals surface area contributed by atoms with Crippen molar-refractivity contribution >= 4 is 5.69 Å². The Kier molecular flexibility index (Phi) is 4.56. The molecule has 2 fully saturated rings. The minimum Gasteiger partial charge on any atom is -0.371 e. The van der Waals surface area contributed by atoms with Gasteiger partial charge in [-0.3, -0.25) is 4.98 Å². The van der Waals surface area contributed by atoms with Crippen molar-refractivity contribution in [2.24, 2.45) is 11.8 Å². The van der Waals surface area contributed by atoms with E-state index < -0.39 is 0 Å². The maximum absolute atomic E-state index is 4.10. The van der Waals surface area contributed by atoms with Gasteiger partial charge in [0.2, 0.25) is 0 Å². The molecule has 2 heterocycles. The molecular weight excluding hydrogens is 246 g/mol. The van der Waals surface area contributed by atoms with E-state index >= 15 is 0 Å². The molecule has 1 saturated heterocycles. The van der Waals surface area contributed by atoms with Crippen LogP contribution in [0.4, 0.5) is 5.69 Å². The number of aromatic nitrogens is 1. The third-order valence-electron chi connectivity index (χ3n) is 5.02. The number of pyridine rings is 1. The number of hydrogen-bond acceptors (Lipinski definition) is 3. The van der Waals surface area contributed by atoms with Gasteiger partial charge in [0.25, 0.3) is 0 Å². The molecule has 1 N–H and O–H groups in total. The van der Waals surface area contributed by atoms with Crippen LogP contribution in [0.3, 0.4) is 0 Å². The highest BCUT2D eigenvalue weighted by Crippen LogP contribution is 2.30. The molecule has 3 heteroatoms. The summed E-state index contributed by atoms with van der Waals surface area (Å²) in [6.45, 7) is 5.98. The lowest BCUT2D eigenvalue weighted by Gasteiger charge is -2.34. The summed E-state index contributed by atoms with van der Waals surface area (Å²) >= 11 is 0.